The SMILES string of the molecule is CCCCCCCCCCCCCCCC(=O)C(O)C(C)O. The highest BCUT2D eigenvalue weighted by Crippen LogP contribution is 2.13. The Kier molecular flexibility index (Phi) is 15.2. The molecule has 3 heteroatoms. The third-order valence-corrected chi connectivity index (χ3v) is 4.31. The van der Waals surface area contributed by atoms with Crippen LogP contribution in [-0.4, -0.2) is 28.2 Å². The molecular formula is C19H38O3. The highest BCUT2D eigenvalue weighted by atomic mass is 16.3. The molecule has 0 heterocycles. The van der Waals surface area contributed by atoms with Gasteiger partial charge in [0.25, 0.3) is 0 Å². The van der Waals surface area contributed by atoms with Gasteiger partial charge in [-0.1, -0.05) is 84.0 Å². The van der Waals surface area contributed by atoms with Crippen molar-refractivity contribution in [1.82, 2.24) is 0 Å². The lowest BCUT2D eigenvalue weighted by Crippen LogP contribution is -2.31. The second-order valence-corrected chi connectivity index (χ2v) is 6.64. The first-order valence-electron chi connectivity index (χ1n) is 9.48. The molecule has 0 aliphatic rings. The third-order valence-electron chi connectivity index (χ3n) is 4.31. The van der Waals surface area contributed by atoms with Gasteiger partial charge in [-0.15, -0.1) is 0 Å². The molecule has 3 nitrogen and oxygen atoms in total. The third kappa shape index (κ3) is 13.3. The fourth-order valence-electron chi connectivity index (χ4n) is 2.73. The Bertz CT molecular complexity index is 251. The summed E-state index contributed by atoms with van der Waals surface area (Å²) in [5.41, 5.74) is 0. The van der Waals surface area contributed by atoms with E-state index in [9.17, 15) is 9.90 Å². The number of carbonyl (C=O) groups excluding carboxylic acids is 1. The largest absolute Gasteiger partial charge is 0.390 e. The monoisotopic (exact) mass is 314 g/mol. The lowest BCUT2D eigenvalue weighted by Gasteiger charge is -2.11. The number of hydrogen-bond acceptors (Lipinski definition) is 3. The maximum atomic E-state index is 11.5. The molecule has 0 rings (SSSR count). The summed E-state index contributed by atoms with van der Waals surface area (Å²) in [5.74, 6) is -0.224. The van der Waals surface area contributed by atoms with Gasteiger partial charge >= 0.3 is 0 Å². The molecule has 22 heavy (non-hydrogen) atoms. The Hall–Kier alpha value is -0.410. The Morgan fingerprint density at radius 3 is 1.45 bits per heavy atom. The molecule has 0 aromatic carbocycles. The van der Waals surface area contributed by atoms with Crippen molar-refractivity contribution in [3.05, 3.63) is 0 Å². The van der Waals surface area contributed by atoms with E-state index in [0.717, 1.165) is 12.8 Å². The average molecular weight is 315 g/mol. The van der Waals surface area contributed by atoms with Crippen molar-refractivity contribution in [2.75, 3.05) is 0 Å². The minimum absolute atomic E-state index is 0.224. The van der Waals surface area contributed by atoms with Crippen LogP contribution in [0, 0.1) is 0 Å². The van der Waals surface area contributed by atoms with Gasteiger partial charge in [-0.3, -0.25) is 4.79 Å². The first-order chi connectivity index (χ1) is 10.6. The topological polar surface area (TPSA) is 57.5 Å². The van der Waals surface area contributed by atoms with Gasteiger partial charge in [0, 0.05) is 6.42 Å². The van der Waals surface area contributed by atoms with Crippen LogP contribution in [0.5, 0.6) is 0 Å². The second-order valence-electron chi connectivity index (χ2n) is 6.64. The fraction of sp³-hybridized carbons (Fsp3) is 0.947. The summed E-state index contributed by atoms with van der Waals surface area (Å²) >= 11 is 0. The zero-order valence-corrected chi connectivity index (χ0v) is 14.9. The number of aliphatic hydroxyl groups is 2. The van der Waals surface area contributed by atoms with Gasteiger partial charge in [0.05, 0.1) is 6.10 Å². The van der Waals surface area contributed by atoms with Crippen LogP contribution in [0.4, 0.5) is 0 Å². The number of aliphatic hydroxyl groups excluding tert-OH is 2. The Labute approximate surface area is 137 Å². The molecule has 0 aromatic rings. The highest BCUT2D eigenvalue weighted by molar-refractivity contribution is 5.83. The maximum absolute atomic E-state index is 11.5. The molecule has 0 amide bonds. The van der Waals surface area contributed by atoms with Crippen LogP contribution >= 0.6 is 0 Å². The minimum atomic E-state index is -1.20. The van der Waals surface area contributed by atoms with Gasteiger partial charge in [0.1, 0.15) is 6.10 Å². The molecule has 0 bridgehead atoms. The van der Waals surface area contributed by atoms with Crippen LogP contribution in [0.25, 0.3) is 0 Å². The van der Waals surface area contributed by atoms with E-state index in [1.54, 1.807) is 0 Å². The Morgan fingerprint density at radius 1 is 0.727 bits per heavy atom. The van der Waals surface area contributed by atoms with Crippen molar-refractivity contribution in [3.8, 4) is 0 Å². The molecule has 0 radical (unpaired) electrons. The van der Waals surface area contributed by atoms with Gasteiger partial charge in [-0.25, -0.2) is 0 Å². The van der Waals surface area contributed by atoms with Gasteiger partial charge in [-0.05, 0) is 13.3 Å². The Balaban J connectivity index is 3.19. The lowest BCUT2D eigenvalue weighted by atomic mass is 10.0. The van der Waals surface area contributed by atoms with Crippen LogP contribution < -0.4 is 0 Å². The smallest absolute Gasteiger partial charge is 0.163 e. The van der Waals surface area contributed by atoms with Crippen molar-refractivity contribution >= 4 is 5.78 Å². The van der Waals surface area contributed by atoms with Crippen molar-refractivity contribution in [1.29, 1.82) is 0 Å². The lowest BCUT2D eigenvalue weighted by molar-refractivity contribution is -0.132. The molecule has 0 aliphatic heterocycles. The van der Waals surface area contributed by atoms with Gasteiger partial charge in [0.2, 0.25) is 0 Å². The van der Waals surface area contributed by atoms with Crippen LogP contribution in [0.15, 0.2) is 0 Å². The predicted molar refractivity (Wildman–Crippen MR) is 93.0 cm³/mol. The zero-order chi connectivity index (χ0) is 16.6. The molecule has 2 unspecified atom stereocenters. The number of unbranched alkanes of at least 4 members (excludes halogenated alkanes) is 12. The molecular weight excluding hydrogens is 276 g/mol. The molecule has 2 atom stereocenters. The average Bonchev–Trinajstić information content (AvgIpc) is 2.50. The van der Waals surface area contributed by atoms with Crippen molar-refractivity contribution in [2.24, 2.45) is 0 Å². The summed E-state index contributed by atoms with van der Waals surface area (Å²) in [6.07, 6.45) is 14.9. The predicted octanol–water partition coefficient (Wildman–Crippen LogP) is 4.78. The second kappa shape index (κ2) is 15.5. The van der Waals surface area contributed by atoms with E-state index in [-0.39, 0.29) is 5.78 Å². The van der Waals surface area contributed by atoms with Crippen molar-refractivity contribution < 1.29 is 15.0 Å². The van der Waals surface area contributed by atoms with E-state index in [4.69, 9.17) is 5.11 Å². The standard InChI is InChI=1S/C19H38O3/c1-3-4-5-6-7-8-9-10-11-12-13-14-15-16-18(21)19(22)17(2)20/h17,19-20,22H,3-16H2,1-2H3. The minimum Gasteiger partial charge on any atom is -0.390 e. The first-order valence-corrected chi connectivity index (χ1v) is 9.48. The normalized spacial score (nSPS) is 14.0. The quantitative estimate of drug-likeness (QED) is 0.403. The van der Waals surface area contributed by atoms with Gasteiger partial charge in [0.15, 0.2) is 5.78 Å². The number of hydrogen-bond donors (Lipinski definition) is 2. The van der Waals surface area contributed by atoms with E-state index in [1.165, 1.54) is 77.6 Å². The molecule has 0 aliphatic carbocycles. The molecule has 0 saturated carbocycles. The number of ketones is 1. The van der Waals surface area contributed by atoms with Gasteiger partial charge in [-0.2, -0.15) is 0 Å². The highest BCUT2D eigenvalue weighted by Gasteiger charge is 2.19. The molecule has 2 N–H and O–H groups in total. The van der Waals surface area contributed by atoms with Crippen molar-refractivity contribution in [2.45, 2.75) is 116 Å². The van der Waals surface area contributed by atoms with Gasteiger partial charge < -0.3 is 10.2 Å². The Morgan fingerprint density at radius 2 is 1.09 bits per heavy atom. The number of rotatable bonds is 16. The summed E-state index contributed by atoms with van der Waals surface area (Å²) < 4.78 is 0. The molecule has 0 aromatic heterocycles. The number of carbonyl (C=O) groups is 1. The van der Waals surface area contributed by atoms with E-state index in [0.29, 0.717) is 6.42 Å². The summed E-state index contributed by atoms with van der Waals surface area (Å²) in [6, 6.07) is 0. The first kappa shape index (κ1) is 21.6. The van der Waals surface area contributed by atoms with E-state index in [2.05, 4.69) is 6.92 Å². The molecule has 0 saturated heterocycles. The van der Waals surface area contributed by atoms with E-state index < -0.39 is 12.2 Å². The maximum Gasteiger partial charge on any atom is 0.163 e. The van der Waals surface area contributed by atoms with Crippen LogP contribution in [0.3, 0.4) is 0 Å². The van der Waals surface area contributed by atoms with Crippen molar-refractivity contribution in [3.63, 3.8) is 0 Å². The summed E-state index contributed by atoms with van der Waals surface area (Å²) in [7, 11) is 0. The fourth-order valence-corrected chi connectivity index (χ4v) is 2.73. The number of Topliss-reactive ketones (excluding diaryl/α,β-unsaturated/α-hetero) is 1. The van der Waals surface area contributed by atoms with Crippen LogP contribution in [0.1, 0.15) is 104 Å². The molecule has 0 spiro atoms. The van der Waals surface area contributed by atoms with Crippen LogP contribution in [0.2, 0.25) is 0 Å². The molecule has 0 fully saturated rings. The summed E-state index contributed by atoms with van der Waals surface area (Å²) in [5, 5.41) is 18.5. The van der Waals surface area contributed by atoms with E-state index in [1.807, 2.05) is 0 Å². The molecule has 132 valence electrons. The van der Waals surface area contributed by atoms with Crippen LogP contribution in [-0.2, 0) is 4.79 Å². The summed E-state index contributed by atoms with van der Waals surface area (Å²) in [6.45, 7) is 3.71. The zero-order valence-electron chi connectivity index (χ0n) is 14.9. The summed E-state index contributed by atoms with van der Waals surface area (Å²) in [4.78, 5) is 11.5. The van der Waals surface area contributed by atoms with E-state index >= 15 is 0 Å².